The van der Waals surface area contributed by atoms with Gasteiger partial charge >= 0.3 is 0 Å². The molecule has 2 aromatic carbocycles. The third-order valence-electron chi connectivity index (χ3n) is 4.77. The molecule has 1 amide bonds. The van der Waals surface area contributed by atoms with E-state index >= 15 is 0 Å². The summed E-state index contributed by atoms with van der Waals surface area (Å²) in [5.41, 5.74) is 1.08. The maximum atomic E-state index is 12.3. The van der Waals surface area contributed by atoms with Crippen molar-refractivity contribution in [3.8, 4) is 0 Å². The zero-order valence-corrected chi connectivity index (χ0v) is 14.6. The summed E-state index contributed by atoms with van der Waals surface area (Å²) in [5, 5.41) is 3.23. The minimum absolute atomic E-state index is 0.110. The minimum Gasteiger partial charge on any atom is -0.351 e. The number of rotatable bonds is 1. The monoisotopic (exact) mass is 336 g/mol. The standard InChI is InChI=1S/C20H20N2OS/c1-14-9-11-22(12-10-14)20-21-19(23)18(24-20)13-16-7-4-6-15-5-2-3-8-17(15)16/h2-8,13-14H,9-12H2,1H3/b18-13+. The van der Waals surface area contributed by atoms with Crippen LogP contribution in [0.5, 0.6) is 0 Å². The topological polar surface area (TPSA) is 32.7 Å². The van der Waals surface area contributed by atoms with E-state index in [9.17, 15) is 4.79 Å². The van der Waals surface area contributed by atoms with Gasteiger partial charge in [0.05, 0.1) is 4.91 Å². The van der Waals surface area contributed by atoms with Crippen LogP contribution in [0.3, 0.4) is 0 Å². The number of piperidine rings is 1. The van der Waals surface area contributed by atoms with E-state index in [1.165, 1.54) is 35.4 Å². The van der Waals surface area contributed by atoms with Crippen molar-refractivity contribution in [2.24, 2.45) is 10.9 Å². The molecule has 2 heterocycles. The van der Waals surface area contributed by atoms with Crippen molar-refractivity contribution in [3.63, 3.8) is 0 Å². The second-order valence-corrected chi connectivity index (χ2v) is 7.56. The van der Waals surface area contributed by atoms with Gasteiger partial charge in [-0.1, -0.05) is 49.4 Å². The van der Waals surface area contributed by atoms with Gasteiger partial charge in [0, 0.05) is 13.1 Å². The summed E-state index contributed by atoms with van der Waals surface area (Å²) in [7, 11) is 0. The van der Waals surface area contributed by atoms with Gasteiger partial charge < -0.3 is 4.90 Å². The fourth-order valence-electron chi connectivity index (χ4n) is 3.25. The average molecular weight is 336 g/mol. The fraction of sp³-hybridized carbons (Fsp3) is 0.300. The summed E-state index contributed by atoms with van der Waals surface area (Å²) in [6, 6.07) is 14.4. The van der Waals surface area contributed by atoms with Gasteiger partial charge in [0.2, 0.25) is 0 Å². The number of hydrogen-bond donors (Lipinski definition) is 0. The summed E-state index contributed by atoms with van der Waals surface area (Å²) < 4.78 is 0. The maximum absolute atomic E-state index is 12.3. The maximum Gasteiger partial charge on any atom is 0.286 e. The molecule has 0 spiro atoms. The van der Waals surface area contributed by atoms with Gasteiger partial charge in [-0.2, -0.15) is 4.99 Å². The zero-order chi connectivity index (χ0) is 16.5. The molecule has 0 N–H and O–H groups in total. The highest BCUT2D eigenvalue weighted by molar-refractivity contribution is 8.18. The number of amidine groups is 1. The molecule has 2 aromatic rings. The number of carbonyl (C=O) groups excluding carboxylic acids is 1. The van der Waals surface area contributed by atoms with Crippen LogP contribution in [0.2, 0.25) is 0 Å². The molecule has 1 saturated heterocycles. The van der Waals surface area contributed by atoms with Crippen molar-refractivity contribution >= 4 is 39.7 Å². The highest BCUT2D eigenvalue weighted by Crippen LogP contribution is 2.33. The summed E-state index contributed by atoms with van der Waals surface area (Å²) in [5.74, 6) is 0.663. The Bertz CT molecular complexity index is 842. The van der Waals surface area contributed by atoms with Gasteiger partial charge in [-0.15, -0.1) is 0 Å². The van der Waals surface area contributed by atoms with Gasteiger partial charge in [0.15, 0.2) is 5.17 Å². The SMILES string of the molecule is CC1CCN(C2=NC(=O)/C(=C\c3cccc4ccccc34)S2)CC1. The molecule has 1 fully saturated rings. The number of carbonyl (C=O) groups is 1. The molecule has 4 rings (SSSR count). The second-order valence-electron chi connectivity index (χ2n) is 6.55. The van der Waals surface area contributed by atoms with Crippen LogP contribution >= 0.6 is 11.8 Å². The molecule has 24 heavy (non-hydrogen) atoms. The molecule has 3 nitrogen and oxygen atoms in total. The van der Waals surface area contributed by atoms with Gasteiger partial charge in [-0.3, -0.25) is 4.79 Å². The molecule has 2 aliphatic rings. The summed E-state index contributed by atoms with van der Waals surface area (Å²) in [6.45, 7) is 4.29. The van der Waals surface area contributed by atoms with Crippen molar-refractivity contribution in [1.82, 2.24) is 4.90 Å². The number of amides is 1. The Balaban J connectivity index is 1.59. The zero-order valence-electron chi connectivity index (χ0n) is 13.7. The molecular weight excluding hydrogens is 316 g/mol. The van der Waals surface area contributed by atoms with Crippen LogP contribution in [0.4, 0.5) is 0 Å². The van der Waals surface area contributed by atoms with Crippen LogP contribution in [0.15, 0.2) is 52.4 Å². The third kappa shape index (κ3) is 2.98. The number of benzene rings is 2. The molecule has 0 radical (unpaired) electrons. The number of fused-ring (bicyclic) bond motifs is 1. The third-order valence-corrected chi connectivity index (χ3v) is 5.82. The first-order chi connectivity index (χ1) is 11.7. The Morgan fingerprint density at radius 2 is 1.88 bits per heavy atom. The Hall–Kier alpha value is -2.07. The predicted octanol–water partition coefficient (Wildman–Crippen LogP) is 4.54. The second kappa shape index (κ2) is 6.44. The number of likely N-dealkylation sites (tertiary alicyclic amines) is 1. The highest BCUT2D eigenvalue weighted by Gasteiger charge is 2.28. The van der Waals surface area contributed by atoms with E-state index in [0.29, 0.717) is 0 Å². The Morgan fingerprint density at radius 1 is 1.12 bits per heavy atom. The summed E-state index contributed by atoms with van der Waals surface area (Å²) in [6.07, 6.45) is 4.34. The van der Waals surface area contributed by atoms with E-state index in [2.05, 4.69) is 41.1 Å². The molecule has 0 aliphatic carbocycles. The lowest BCUT2D eigenvalue weighted by atomic mass is 10.00. The first-order valence-corrected chi connectivity index (χ1v) is 9.27. The first-order valence-electron chi connectivity index (χ1n) is 8.46. The highest BCUT2D eigenvalue weighted by atomic mass is 32.2. The summed E-state index contributed by atoms with van der Waals surface area (Å²) >= 11 is 1.52. The smallest absolute Gasteiger partial charge is 0.286 e. The Morgan fingerprint density at radius 3 is 2.71 bits per heavy atom. The Kier molecular flexibility index (Phi) is 4.15. The number of hydrogen-bond acceptors (Lipinski definition) is 3. The van der Waals surface area contributed by atoms with Crippen LogP contribution in [-0.2, 0) is 4.79 Å². The minimum atomic E-state index is -0.110. The van der Waals surface area contributed by atoms with Crippen molar-refractivity contribution in [1.29, 1.82) is 0 Å². The van der Waals surface area contributed by atoms with E-state index in [1.807, 2.05) is 24.3 Å². The first kappa shape index (κ1) is 15.5. The largest absolute Gasteiger partial charge is 0.351 e. The molecule has 0 saturated carbocycles. The van der Waals surface area contributed by atoms with Crippen molar-refractivity contribution in [2.45, 2.75) is 19.8 Å². The lowest BCUT2D eigenvalue weighted by Gasteiger charge is -2.30. The lowest BCUT2D eigenvalue weighted by Crippen LogP contribution is -2.35. The van der Waals surface area contributed by atoms with Gasteiger partial charge in [-0.25, -0.2) is 0 Å². The molecule has 122 valence electrons. The quantitative estimate of drug-likeness (QED) is 0.717. The number of thioether (sulfide) groups is 1. The normalized spacial score (nSPS) is 20.9. The van der Waals surface area contributed by atoms with Crippen molar-refractivity contribution < 1.29 is 4.79 Å². The fourth-order valence-corrected chi connectivity index (χ4v) is 4.21. The molecule has 0 atom stereocenters. The van der Waals surface area contributed by atoms with Crippen molar-refractivity contribution in [2.75, 3.05) is 13.1 Å². The van der Waals surface area contributed by atoms with E-state index < -0.39 is 0 Å². The molecule has 0 unspecified atom stereocenters. The molecule has 4 heteroatoms. The van der Waals surface area contributed by atoms with Crippen LogP contribution in [-0.4, -0.2) is 29.1 Å². The van der Waals surface area contributed by atoms with Crippen LogP contribution in [0.25, 0.3) is 16.8 Å². The van der Waals surface area contributed by atoms with Gasteiger partial charge in [0.25, 0.3) is 5.91 Å². The molecule has 0 bridgehead atoms. The predicted molar refractivity (Wildman–Crippen MR) is 102 cm³/mol. The van der Waals surface area contributed by atoms with Crippen molar-refractivity contribution in [3.05, 3.63) is 52.9 Å². The molecule has 0 aromatic heterocycles. The number of nitrogens with zero attached hydrogens (tertiary/aromatic N) is 2. The van der Waals surface area contributed by atoms with Gasteiger partial charge in [0.1, 0.15) is 0 Å². The summed E-state index contributed by atoms with van der Waals surface area (Å²) in [4.78, 5) is 19.6. The average Bonchev–Trinajstić information content (AvgIpc) is 2.97. The lowest BCUT2D eigenvalue weighted by molar-refractivity contribution is -0.113. The van der Waals surface area contributed by atoms with E-state index in [0.717, 1.165) is 34.6 Å². The Labute approximate surface area is 146 Å². The van der Waals surface area contributed by atoms with E-state index in [-0.39, 0.29) is 5.91 Å². The van der Waals surface area contributed by atoms with Crippen LogP contribution in [0, 0.1) is 5.92 Å². The van der Waals surface area contributed by atoms with Crippen LogP contribution in [0.1, 0.15) is 25.3 Å². The number of aliphatic imine (C=N–C) groups is 1. The van der Waals surface area contributed by atoms with Crippen LogP contribution < -0.4 is 0 Å². The van der Waals surface area contributed by atoms with E-state index in [4.69, 9.17) is 0 Å². The molecular formula is C20H20N2OS. The molecule has 2 aliphatic heterocycles. The van der Waals surface area contributed by atoms with Gasteiger partial charge in [-0.05, 0) is 52.9 Å². The van der Waals surface area contributed by atoms with E-state index in [1.54, 1.807) is 0 Å².